The fraction of sp³-hybridized carbons (Fsp3) is 0.375. The van der Waals surface area contributed by atoms with Crippen molar-refractivity contribution in [3.63, 3.8) is 0 Å². The first-order valence-electron chi connectivity index (χ1n) is 7.04. The predicted octanol–water partition coefficient (Wildman–Crippen LogP) is 3.98. The molecule has 0 saturated heterocycles. The van der Waals surface area contributed by atoms with Gasteiger partial charge < -0.3 is 5.11 Å². The Kier molecular flexibility index (Phi) is 4.68. The minimum atomic E-state index is -0.914. The number of carboxylic acids is 1. The number of aromatic carboxylic acids is 1. The fourth-order valence-corrected chi connectivity index (χ4v) is 2.53. The van der Waals surface area contributed by atoms with Crippen molar-refractivity contribution in [2.75, 3.05) is 0 Å². The van der Waals surface area contributed by atoms with E-state index in [0.29, 0.717) is 35.0 Å². The molecular weight excluding hydrogens is 288 g/mol. The highest BCUT2D eigenvalue weighted by atomic mass is 35.5. The van der Waals surface area contributed by atoms with Gasteiger partial charge in [-0.2, -0.15) is 5.10 Å². The number of benzene rings is 1. The van der Waals surface area contributed by atoms with Crippen LogP contribution in [0.4, 0.5) is 0 Å². The summed E-state index contributed by atoms with van der Waals surface area (Å²) in [7, 11) is 0. The summed E-state index contributed by atoms with van der Waals surface area (Å²) in [6.45, 7) is 6.05. The Balaban J connectivity index is 2.60. The standard InChI is InChI=1S/C16H19ClN2O2/c1-4-14-15(16(20)21)13(9-10(2)3)18-19(14)12-7-5-11(17)6-8-12/h5-8,10H,4,9H2,1-3H3,(H,20,21). The molecule has 0 amide bonds. The number of carbonyl (C=O) groups is 1. The van der Waals surface area contributed by atoms with Crippen molar-refractivity contribution in [1.29, 1.82) is 0 Å². The second kappa shape index (κ2) is 6.31. The number of rotatable bonds is 5. The molecule has 1 heterocycles. The van der Waals surface area contributed by atoms with Gasteiger partial charge in [0.15, 0.2) is 0 Å². The zero-order valence-electron chi connectivity index (χ0n) is 12.4. The minimum Gasteiger partial charge on any atom is -0.478 e. The molecule has 0 aliphatic heterocycles. The Bertz CT molecular complexity index is 645. The molecule has 1 aromatic heterocycles. The van der Waals surface area contributed by atoms with Gasteiger partial charge in [-0.1, -0.05) is 32.4 Å². The van der Waals surface area contributed by atoms with E-state index in [-0.39, 0.29) is 0 Å². The Labute approximate surface area is 129 Å². The van der Waals surface area contributed by atoms with Crippen LogP contribution in [-0.2, 0) is 12.8 Å². The summed E-state index contributed by atoms with van der Waals surface area (Å²) in [5, 5.41) is 14.7. The molecule has 4 nitrogen and oxygen atoms in total. The van der Waals surface area contributed by atoms with E-state index >= 15 is 0 Å². The zero-order chi connectivity index (χ0) is 15.6. The van der Waals surface area contributed by atoms with Crippen molar-refractivity contribution < 1.29 is 9.90 Å². The van der Waals surface area contributed by atoms with E-state index in [1.807, 2.05) is 19.1 Å². The van der Waals surface area contributed by atoms with E-state index in [1.54, 1.807) is 16.8 Å². The molecule has 0 bridgehead atoms. The Morgan fingerprint density at radius 3 is 2.43 bits per heavy atom. The van der Waals surface area contributed by atoms with Crippen LogP contribution in [0.3, 0.4) is 0 Å². The van der Waals surface area contributed by atoms with Gasteiger partial charge in [0.1, 0.15) is 5.56 Å². The van der Waals surface area contributed by atoms with Gasteiger partial charge in [0.05, 0.1) is 17.1 Å². The maximum absolute atomic E-state index is 11.6. The lowest BCUT2D eigenvalue weighted by Crippen LogP contribution is -2.06. The molecule has 0 unspecified atom stereocenters. The maximum Gasteiger partial charge on any atom is 0.339 e. The molecule has 5 heteroatoms. The first-order valence-corrected chi connectivity index (χ1v) is 7.41. The Hall–Kier alpha value is -1.81. The molecular formula is C16H19ClN2O2. The number of nitrogens with zero attached hydrogens (tertiary/aromatic N) is 2. The van der Waals surface area contributed by atoms with Crippen molar-refractivity contribution in [1.82, 2.24) is 9.78 Å². The predicted molar refractivity (Wildman–Crippen MR) is 83.5 cm³/mol. The molecule has 0 radical (unpaired) electrons. The number of hydrogen-bond acceptors (Lipinski definition) is 2. The van der Waals surface area contributed by atoms with Gasteiger partial charge in [-0.25, -0.2) is 9.48 Å². The molecule has 0 fully saturated rings. The molecule has 0 spiro atoms. The van der Waals surface area contributed by atoms with Crippen molar-refractivity contribution in [3.8, 4) is 5.69 Å². The van der Waals surface area contributed by atoms with Crippen LogP contribution in [0.15, 0.2) is 24.3 Å². The van der Waals surface area contributed by atoms with Gasteiger partial charge in [0, 0.05) is 5.02 Å². The topological polar surface area (TPSA) is 55.1 Å². The van der Waals surface area contributed by atoms with Crippen LogP contribution in [0.25, 0.3) is 5.69 Å². The minimum absolute atomic E-state index is 0.334. The zero-order valence-corrected chi connectivity index (χ0v) is 13.2. The van der Waals surface area contributed by atoms with E-state index in [9.17, 15) is 9.90 Å². The molecule has 2 aromatic rings. The first kappa shape index (κ1) is 15.6. The molecule has 2 rings (SSSR count). The van der Waals surface area contributed by atoms with Crippen LogP contribution in [0.5, 0.6) is 0 Å². The molecule has 0 aliphatic rings. The summed E-state index contributed by atoms with van der Waals surface area (Å²) < 4.78 is 1.72. The Morgan fingerprint density at radius 1 is 1.33 bits per heavy atom. The first-order chi connectivity index (χ1) is 9.93. The van der Waals surface area contributed by atoms with Crippen molar-refractivity contribution >= 4 is 17.6 Å². The molecule has 0 aliphatic carbocycles. The van der Waals surface area contributed by atoms with Crippen LogP contribution in [0.1, 0.15) is 42.5 Å². The molecule has 0 saturated carbocycles. The van der Waals surface area contributed by atoms with Gasteiger partial charge in [0.2, 0.25) is 0 Å². The van der Waals surface area contributed by atoms with Gasteiger partial charge in [-0.15, -0.1) is 0 Å². The van der Waals surface area contributed by atoms with Crippen molar-refractivity contribution in [2.45, 2.75) is 33.6 Å². The van der Waals surface area contributed by atoms with Gasteiger partial charge in [0.25, 0.3) is 0 Å². The smallest absolute Gasteiger partial charge is 0.339 e. The summed E-state index contributed by atoms with van der Waals surface area (Å²) in [5.74, 6) is -0.566. The lowest BCUT2D eigenvalue weighted by Gasteiger charge is -2.06. The lowest BCUT2D eigenvalue weighted by atomic mass is 10.0. The lowest BCUT2D eigenvalue weighted by molar-refractivity contribution is 0.0694. The number of hydrogen-bond donors (Lipinski definition) is 1. The van der Waals surface area contributed by atoms with E-state index in [4.69, 9.17) is 11.6 Å². The molecule has 112 valence electrons. The largest absolute Gasteiger partial charge is 0.478 e. The van der Waals surface area contributed by atoms with Gasteiger partial charge in [-0.05, 0) is 43.0 Å². The highest BCUT2D eigenvalue weighted by Crippen LogP contribution is 2.23. The summed E-state index contributed by atoms with van der Waals surface area (Å²) in [5.41, 5.74) is 2.53. The molecule has 21 heavy (non-hydrogen) atoms. The van der Waals surface area contributed by atoms with E-state index in [2.05, 4.69) is 18.9 Å². The summed E-state index contributed by atoms with van der Waals surface area (Å²) in [4.78, 5) is 11.6. The quantitative estimate of drug-likeness (QED) is 0.909. The van der Waals surface area contributed by atoms with Crippen LogP contribution in [0.2, 0.25) is 5.02 Å². The van der Waals surface area contributed by atoms with Crippen molar-refractivity contribution in [2.24, 2.45) is 5.92 Å². The summed E-state index contributed by atoms with van der Waals surface area (Å²) in [6.07, 6.45) is 1.25. The van der Waals surface area contributed by atoms with E-state index in [0.717, 1.165) is 11.4 Å². The highest BCUT2D eigenvalue weighted by Gasteiger charge is 2.23. The van der Waals surface area contributed by atoms with Crippen LogP contribution in [-0.4, -0.2) is 20.9 Å². The normalized spacial score (nSPS) is 11.1. The Morgan fingerprint density at radius 2 is 1.95 bits per heavy atom. The second-order valence-electron chi connectivity index (χ2n) is 5.41. The molecule has 1 aromatic carbocycles. The van der Waals surface area contributed by atoms with Gasteiger partial charge >= 0.3 is 5.97 Å². The third-order valence-corrected chi connectivity index (χ3v) is 3.53. The van der Waals surface area contributed by atoms with Crippen molar-refractivity contribution in [3.05, 3.63) is 46.2 Å². The third-order valence-electron chi connectivity index (χ3n) is 3.28. The SMILES string of the molecule is CCc1c(C(=O)O)c(CC(C)C)nn1-c1ccc(Cl)cc1. The van der Waals surface area contributed by atoms with Crippen LogP contribution < -0.4 is 0 Å². The number of aromatic nitrogens is 2. The average Bonchev–Trinajstić information content (AvgIpc) is 2.77. The number of halogens is 1. The second-order valence-corrected chi connectivity index (χ2v) is 5.85. The fourth-order valence-electron chi connectivity index (χ4n) is 2.40. The van der Waals surface area contributed by atoms with Crippen LogP contribution in [0, 0.1) is 5.92 Å². The summed E-state index contributed by atoms with van der Waals surface area (Å²) >= 11 is 5.90. The molecule has 1 N–H and O–H groups in total. The summed E-state index contributed by atoms with van der Waals surface area (Å²) in [6, 6.07) is 7.25. The third kappa shape index (κ3) is 3.27. The van der Waals surface area contributed by atoms with Crippen LogP contribution >= 0.6 is 11.6 Å². The monoisotopic (exact) mass is 306 g/mol. The number of carboxylic acid groups (broad SMARTS) is 1. The maximum atomic E-state index is 11.6. The average molecular weight is 307 g/mol. The van der Waals surface area contributed by atoms with E-state index in [1.165, 1.54) is 0 Å². The molecule has 0 atom stereocenters. The van der Waals surface area contributed by atoms with Gasteiger partial charge in [-0.3, -0.25) is 0 Å². The van der Waals surface area contributed by atoms with E-state index < -0.39 is 5.97 Å². The highest BCUT2D eigenvalue weighted by molar-refractivity contribution is 6.30.